The van der Waals surface area contributed by atoms with Gasteiger partial charge in [-0.15, -0.1) is 0 Å². The number of ether oxygens (including phenoxy) is 1. The summed E-state index contributed by atoms with van der Waals surface area (Å²) in [6.45, 7) is 5.74. The summed E-state index contributed by atoms with van der Waals surface area (Å²) in [6.07, 6.45) is 3.35. The van der Waals surface area contributed by atoms with E-state index in [0.717, 1.165) is 0 Å². The Kier molecular flexibility index (Phi) is 4.65. The van der Waals surface area contributed by atoms with Crippen LogP contribution < -0.4 is 10.1 Å². The minimum absolute atomic E-state index is 0.202. The van der Waals surface area contributed by atoms with Crippen LogP contribution in [-0.2, 0) is 0 Å². The fraction of sp³-hybridized carbons (Fsp3) is 0.278. The summed E-state index contributed by atoms with van der Waals surface area (Å²) in [7, 11) is 0. The van der Waals surface area contributed by atoms with Gasteiger partial charge in [0.05, 0.1) is 18.3 Å². The van der Waals surface area contributed by atoms with Crippen LogP contribution in [0.25, 0.3) is 5.78 Å². The number of aromatic nitrogens is 3. The number of aryl methyl sites for hydroxylation is 1. The van der Waals surface area contributed by atoms with E-state index in [-0.39, 0.29) is 17.7 Å². The van der Waals surface area contributed by atoms with Gasteiger partial charge in [-0.2, -0.15) is 0 Å². The molecule has 0 bridgehead atoms. The van der Waals surface area contributed by atoms with Crippen molar-refractivity contribution in [3.05, 3.63) is 59.4 Å². The van der Waals surface area contributed by atoms with E-state index in [1.165, 1.54) is 6.07 Å². The predicted octanol–water partition coefficient (Wildman–Crippen LogP) is 3.07. The largest absolute Gasteiger partial charge is 0.491 e. The average molecular weight is 342 g/mol. The quantitative estimate of drug-likeness (QED) is 0.774. The Morgan fingerprint density at radius 2 is 2.24 bits per heavy atom. The number of carbonyl (C=O) groups excluding carboxylic acids is 1. The first-order valence-corrected chi connectivity index (χ1v) is 8.04. The van der Waals surface area contributed by atoms with Crippen molar-refractivity contribution in [2.45, 2.75) is 26.8 Å². The van der Waals surface area contributed by atoms with Crippen LogP contribution in [0.4, 0.5) is 4.39 Å². The van der Waals surface area contributed by atoms with Gasteiger partial charge in [-0.25, -0.2) is 14.4 Å². The molecule has 2 aromatic heterocycles. The Morgan fingerprint density at radius 3 is 2.96 bits per heavy atom. The van der Waals surface area contributed by atoms with E-state index in [9.17, 15) is 9.18 Å². The van der Waals surface area contributed by atoms with E-state index in [4.69, 9.17) is 4.74 Å². The summed E-state index contributed by atoms with van der Waals surface area (Å²) in [4.78, 5) is 21.1. The number of hydrogen-bond acceptors (Lipinski definition) is 4. The molecular formula is C18H19FN4O2. The Morgan fingerprint density at radius 1 is 1.44 bits per heavy atom. The average Bonchev–Trinajstić information content (AvgIpc) is 2.92. The van der Waals surface area contributed by atoms with Crippen LogP contribution in [0.3, 0.4) is 0 Å². The molecule has 0 spiro atoms. The van der Waals surface area contributed by atoms with Gasteiger partial charge in [0.1, 0.15) is 5.69 Å². The molecule has 1 N–H and O–H groups in total. The molecule has 0 radical (unpaired) electrons. The summed E-state index contributed by atoms with van der Waals surface area (Å²) >= 11 is 0. The van der Waals surface area contributed by atoms with Gasteiger partial charge in [0.25, 0.3) is 5.91 Å². The van der Waals surface area contributed by atoms with E-state index in [2.05, 4.69) is 15.3 Å². The molecule has 0 saturated heterocycles. The van der Waals surface area contributed by atoms with E-state index >= 15 is 0 Å². The second kappa shape index (κ2) is 6.88. The van der Waals surface area contributed by atoms with Crippen LogP contribution in [-0.4, -0.2) is 26.9 Å². The minimum atomic E-state index is -0.448. The van der Waals surface area contributed by atoms with Crippen LogP contribution in [0.15, 0.2) is 36.7 Å². The van der Waals surface area contributed by atoms with Crippen molar-refractivity contribution in [3.8, 4) is 5.75 Å². The molecule has 3 rings (SSSR count). The van der Waals surface area contributed by atoms with Crippen molar-refractivity contribution in [3.63, 3.8) is 0 Å². The molecule has 1 aromatic carbocycles. The molecular weight excluding hydrogens is 323 g/mol. The molecule has 2 heterocycles. The van der Waals surface area contributed by atoms with E-state index in [1.54, 1.807) is 55.8 Å². The number of rotatable bonds is 5. The number of amides is 1. The van der Waals surface area contributed by atoms with Crippen LogP contribution in [0.1, 0.15) is 41.6 Å². The van der Waals surface area contributed by atoms with Gasteiger partial charge >= 0.3 is 0 Å². The number of imidazole rings is 1. The zero-order valence-electron chi connectivity index (χ0n) is 14.3. The van der Waals surface area contributed by atoms with Gasteiger partial charge in [-0.05, 0) is 44.5 Å². The van der Waals surface area contributed by atoms with Crippen molar-refractivity contribution in [2.75, 3.05) is 6.61 Å². The summed E-state index contributed by atoms with van der Waals surface area (Å²) in [6, 6.07) is 6.04. The lowest BCUT2D eigenvalue weighted by Gasteiger charge is -2.15. The van der Waals surface area contributed by atoms with Crippen molar-refractivity contribution >= 4 is 11.7 Å². The third-order valence-corrected chi connectivity index (χ3v) is 3.90. The fourth-order valence-electron chi connectivity index (χ4n) is 2.68. The maximum Gasteiger partial charge on any atom is 0.270 e. The van der Waals surface area contributed by atoms with Gasteiger partial charge < -0.3 is 10.1 Å². The summed E-state index contributed by atoms with van der Waals surface area (Å²) in [5, 5.41) is 2.88. The first-order valence-electron chi connectivity index (χ1n) is 8.04. The Labute approximate surface area is 144 Å². The number of carbonyl (C=O) groups is 1. The number of nitrogens with zero attached hydrogens (tertiary/aromatic N) is 3. The Hall–Kier alpha value is -2.96. The molecule has 6 nitrogen and oxygen atoms in total. The first kappa shape index (κ1) is 16.9. The molecule has 0 saturated carbocycles. The molecule has 25 heavy (non-hydrogen) atoms. The smallest absolute Gasteiger partial charge is 0.270 e. The molecule has 0 aliphatic rings. The molecule has 7 heteroatoms. The van der Waals surface area contributed by atoms with Crippen LogP contribution in [0.2, 0.25) is 0 Å². The van der Waals surface area contributed by atoms with Crippen molar-refractivity contribution in [2.24, 2.45) is 0 Å². The van der Waals surface area contributed by atoms with Crippen LogP contribution >= 0.6 is 0 Å². The predicted molar refractivity (Wildman–Crippen MR) is 91.2 cm³/mol. The highest BCUT2D eigenvalue weighted by atomic mass is 19.1. The van der Waals surface area contributed by atoms with Crippen LogP contribution in [0, 0.1) is 12.7 Å². The van der Waals surface area contributed by atoms with Gasteiger partial charge in [-0.3, -0.25) is 9.20 Å². The molecule has 1 amide bonds. The van der Waals surface area contributed by atoms with Crippen molar-refractivity contribution < 1.29 is 13.9 Å². The molecule has 3 aromatic rings. The topological polar surface area (TPSA) is 68.5 Å². The number of fused-ring (bicyclic) bond motifs is 1. The lowest BCUT2D eigenvalue weighted by atomic mass is 10.1. The SMILES string of the molecule is CCOc1ccc([C@H](C)NC(=O)c2c(C)nc3ncccn23)cc1F. The highest BCUT2D eigenvalue weighted by molar-refractivity contribution is 5.94. The van der Waals surface area contributed by atoms with Gasteiger partial charge in [-0.1, -0.05) is 6.07 Å². The normalized spacial score (nSPS) is 12.2. The van der Waals surface area contributed by atoms with Gasteiger partial charge in [0, 0.05) is 12.4 Å². The maximum absolute atomic E-state index is 14.0. The fourth-order valence-corrected chi connectivity index (χ4v) is 2.68. The minimum Gasteiger partial charge on any atom is -0.491 e. The number of halogens is 1. The molecule has 0 fully saturated rings. The second-order valence-corrected chi connectivity index (χ2v) is 5.65. The molecule has 0 aliphatic heterocycles. The zero-order chi connectivity index (χ0) is 18.0. The number of nitrogens with one attached hydrogen (secondary N) is 1. The van der Waals surface area contributed by atoms with Gasteiger partial charge in [0.15, 0.2) is 11.6 Å². The summed E-state index contributed by atoms with van der Waals surface area (Å²) in [5.41, 5.74) is 1.65. The van der Waals surface area contributed by atoms with Crippen molar-refractivity contribution in [1.29, 1.82) is 0 Å². The first-order chi connectivity index (χ1) is 12.0. The Bertz CT molecular complexity index is 923. The maximum atomic E-state index is 14.0. The molecule has 0 unspecified atom stereocenters. The highest BCUT2D eigenvalue weighted by Gasteiger charge is 2.19. The van der Waals surface area contributed by atoms with E-state index in [1.807, 2.05) is 0 Å². The second-order valence-electron chi connectivity index (χ2n) is 5.65. The monoisotopic (exact) mass is 342 g/mol. The highest BCUT2D eigenvalue weighted by Crippen LogP contribution is 2.22. The zero-order valence-corrected chi connectivity index (χ0v) is 14.3. The Balaban J connectivity index is 1.82. The van der Waals surface area contributed by atoms with E-state index in [0.29, 0.717) is 29.3 Å². The molecule has 130 valence electrons. The lowest BCUT2D eigenvalue weighted by Crippen LogP contribution is -2.28. The molecule has 1 atom stereocenters. The van der Waals surface area contributed by atoms with E-state index < -0.39 is 5.82 Å². The van der Waals surface area contributed by atoms with Crippen molar-refractivity contribution in [1.82, 2.24) is 19.7 Å². The third kappa shape index (κ3) is 3.31. The standard InChI is InChI=1S/C18H19FN4O2/c1-4-25-15-7-6-13(10-14(15)19)11(2)21-17(24)16-12(3)22-18-20-8-5-9-23(16)18/h5-11H,4H2,1-3H3,(H,21,24)/t11-/m0/s1. The number of hydrogen-bond donors (Lipinski definition) is 1. The summed E-state index contributed by atoms with van der Waals surface area (Å²) < 4.78 is 20.9. The third-order valence-electron chi connectivity index (χ3n) is 3.90. The molecule has 0 aliphatic carbocycles. The number of benzene rings is 1. The summed E-state index contributed by atoms with van der Waals surface area (Å²) in [5.74, 6) is -0.0752. The van der Waals surface area contributed by atoms with Crippen LogP contribution in [0.5, 0.6) is 5.75 Å². The van der Waals surface area contributed by atoms with Gasteiger partial charge in [0.2, 0.25) is 5.78 Å². The lowest BCUT2D eigenvalue weighted by molar-refractivity contribution is 0.0933.